The SMILES string of the molecule is Oc1ccc(Br)cc1CCc1ccccn1. The van der Waals surface area contributed by atoms with Gasteiger partial charge in [-0.1, -0.05) is 22.0 Å². The highest BCUT2D eigenvalue weighted by Crippen LogP contribution is 2.22. The summed E-state index contributed by atoms with van der Waals surface area (Å²) in [5, 5.41) is 9.67. The van der Waals surface area contributed by atoms with Gasteiger partial charge in [0.05, 0.1) is 0 Å². The topological polar surface area (TPSA) is 33.1 Å². The number of nitrogens with zero attached hydrogens (tertiary/aromatic N) is 1. The minimum Gasteiger partial charge on any atom is -0.508 e. The first kappa shape index (κ1) is 11.1. The Morgan fingerprint density at radius 2 is 2.00 bits per heavy atom. The Bertz CT molecular complexity index is 471. The molecule has 1 aromatic carbocycles. The van der Waals surface area contributed by atoms with Gasteiger partial charge in [0, 0.05) is 16.4 Å². The van der Waals surface area contributed by atoms with E-state index in [1.54, 1.807) is 12.3 Å². The fourth-order valence-electron chi connectivity index (χ4n) is 1.56. The first-order valence-electron chi connectivity index (χ1n) is 5.13. The Kier molecular flexibility index (Phi) is 3.57. The molecule has 0 radical (unpaired) electrons. The number of phenols is 1. The standard InChI is InChI=1S/C13H12BrNO/c14-11-5-7-13(16)10(9-11)4-6-12-3-1-2-8-15-12/h1-3,5,7-9,16H,4,6H2. The zero-order valence-corrected chi connectivity index (χ0v) is 10.3. The quantitative estimate of drug-likeness (QED) is 0.934. The maximum absolute atomic E-state index is 9.67. The van der Waals surface area contributed by atoms with Crippen molar-refractivity contribution in [3.63, 3.8) is 0 Å². The lowest BCUT2D eigenvalue weighted by Gasteiger charge is -2.04. The molecule has 0 bridgehead atoms. The second kappa shape index (κ2) is 5.12. The van der Waals surface area contributed by atoms with Gasteiger partial charge in [0.1, 0.15) is 5.75 Å². The largest absolute Gasteiger partial charge is 0.508 e. The molecule has 3 heteroatoms. The van der Waals surface area contributed by atoms with E-state index in [0.717, 1.165) is 28.6 Å². The summed E-state index contributed by atoms with van der Waals surface area (Å²) < 4.78 is 0.987. The molecule has 2 aromatic rings. The molecule has 0 atom stereocenters. The number of aromatic hydroxyl groups is 1. The Morgan fingerprint density at radius 3 is 2.75 bits per heavy atom. The third-order valence-electron chi connectivity index (χ3n) is 2.42. The van der Waals surface area contributed by atoms with E-state index >= 15 is 0 Å². The van der Waals surface area contributed by atoms with Gasteiger partial charge in [0.15, 0.2) is 0 Å². The van der Waals surface area contributed by atoms with Crippen molar-refractivity contribution in [2.24, 2.45) is 0 Å². The highest BCUT2D eigenvalue weighted by molar-refractivity contribution is 9.10. The van der Waals surface area contributed by atoms with Crippen LogP contribution in [0, 0.1) is 0 Å². The Morgan fingerprint density at radius 1 is 1.12 bits per heavy atom. The van der Waals surface area contributed by atoms with Crippen molar-refractivity contribution in [1.82, 2.24) is 4.98 Å². The van der Waals surface area contributed by atoms with Crippen LogP contribution in [0.15, 0.2) is 47.1 Å². The van der Waals surface area contributed by atoms with Crippen molar-refractivity contribution >= 4 is 15.9 Å². The maximum atomic E-state index is 9.67. The molecule has 0 aliphatic rings. The third-order valence-corrected chi connectivity index (χ3v) is 2.91. The highest BCUT2D eigenvalue weighted by atomic mass is 79.9. The van der Waals surface area contributed by atoms with Gasteiger partial charge in [-0.15, -0.1) is 0 Å². The molecule has 0 aliphatic heterocycles. The average molecular weight is 278 g/mol. The molecule has 2 rings (SSSR count). The molecule has 2 nitrogen and oxygen atoms in total. The van der Waals surface area contributed by atoms with Crippen LogP contribution in [0.2, 0.25) is 0 Å². The number of aromatic nitrogens is 1. The molecule has 0 unspecified atom stereocenters. The first-order chi connectivity index (χ1) is 7.75. The summed E-state index contributed by atoms with van der Waals surface area (Å²) in [5.74, 6) is 0.346. The molecule has 82 valence electrons. The summed E-state index contributed by atoms with van der Waals surface area (Å²) in [6.07, 6.45) is 3.42. The van der Waals surface area contributed by atoms with E-state index in [-0.39, 0.29) is 0 Å². The molecule has 0 spiro atoms. The lowest BCUT2D eigenvalue weighted by Crippen LogP contribution is -1.94. The van der Waals surface area contributed by atoms with E-state index in [1.807, 2.05) is 30.3 Å². The van der Waals surface area contributed by atoms with E-state index in [0.29, 0.717) is 5.75 Å². The average Bonchev–Trinajstić information content (AvgIpc) is 2.32. The van der Waals surface area contributed by atoms with Gasteiger partial charge in [0.2, 0.25) is 0 Å². The molecule has 1 N–H and O–H groups in total. The predicted molar refractivity (Wildman–Crippen MR) is 67.5 cm³/mol. The number of hydrogen-bond donors (Lipinski definition) is 1. The van der Waals surface area contributed by atoms with Crippen LogP contribution in [0.1, 0.15) is 11.3 Å². The summed E-state index contributed by atoms with van der Waals surface area (Å²) >= 11 is 3.40. The molecule has 0 amide bonds. The van der Waals surface area contributed by atoms with E-state index < -0.39 is 0 Å². The smallest absolute Gasteiger partial charge is 0.118 e. The summed E-state index contributed by atoms with van der Waals surface area (Å²) in [4.78, 5) is 4.25. The minimum absolute atomic E-state index is 0.346. The fraction of sp³-hybridized carbons (Fsp3) is 0.154. The van der Waals surface area contributed by atoms with Crippen molar-refractivity contribution in [3.05, 3.63) is 58.3 Å². The van der Waals surface area contributed by atoms with Crippen LogP contribution >= 0.6 is 15.9 Å². The van der Waals surface area contributed by atoms with Crippen molar-refractivity contribution in [3.8, 4) is 5.75 Å². The van der Waals surface area contributed by atoms with Crippen molar-refractivity contribution in [1.29, 1.82) is 0 Å². The highest BCUT2D eigenvalue weighted by Gasteiger charge is 2.02. The van der Waals surface area contributed by atoms with Crippen LogP contribution in [0.3, 0.4) is 0 Å². The van der Waals surface area contributed by atoms with Crippen LogP contribution in [-0.4, -0.2) is 10.1 Å². The summed E-state index contributed by atoms with van der Waals surface area (Å²) in [7, 11) is 0. The van der Waals surface area contributed by atoms with Crippen LogP contribution in [0.25, 0.3) is 0 Å². The Labute approximate surface area is 103 Å². The Balaban J connectivity index is 2.08. The number of aryl methyl sites for hydroxylation is 2. The number of phenolic OH excluding ortho intramolecular Hbond substituents is 1. The third kappa shape index (κ3) is 2.83. The number of benzene rings is 1. The lowest BCUT2D eigenvalue weighted by atomic mass is 10.1. The predicted octanol–water partition coefficient (Wildman–Crippen LogP) is 3.33. The van der Waals surface area contributed by atoms with Gasteiger partial charge in [-0.2, -0.15) is 0 Å². The lowest BCUT2D eigenvalue weighted by molar-refractivity contribution is 0.467. The zero-order valence-electron chi connectivity index (χ0n) is 8.73. The van der Waals surface area contributed by atoms with Gasteiger partial charge in [-0.05, 0) is 48.7 Å². The van der Waals surface area contributed by atoms with Crippen LogP contribution in [0.5, 0.6) is 5.75 Å². The molecule has 16 heavy (non-hydrogen) atoms. The monoisotopic (exact) mass is 277 g/mol. The summed E-state index contributed by atoms with van der Waals surface area (Å²) in [6.45, 7) is 0. The van der Waals surface area contributed by atoms with Crippen LogP contribution in [0.4, 0.5) is 0 Å². The number of pyridine rings is 1. The van der Waals surface area contributed by atoms with E-state index in [4.69, 9.17) is 0 Å². The second-order valence-corrected chi connectivity index (χ2v) is 4.51. The first-order valence-corrected chi connectivity index (χ1v) is 5.92. The van der Waals surface area contributed by atoms with Crippen molar-refractivity contribution in [2.75, 3.05) is 0 Å². The molecule has 0 aliphatic carbocycles. The van der Waals surface area contributed by atoms with Crippen LogP contribution < -0.4 is 0 Å². The fourth-order valence-corrected chi connectivity index (χ4v) is 1.97. The van der Waals surface area contributed by atoms with Gasteiger partial charge in [-0.25, -0.2) is 0 Å². The van der Waals surface area contributed by atoms with E-state index in [9.17, 15) is 5.11 Å². The van der Waals surface area contributed by atoms with Gasteiger partial charge in [0.25, 0.3) is 0 Å². The van der Waals surface area contributed by atoms with Crippen molar-refractivity contribution < 1.29 is 5.11 Å². The molecule has 1 heterocycles. The van der Waals surface area contributed by atoms with Crippen LogP contribution in [-0.2, 0) is 12.8 Å². The van der Waals surface area contributed by atoms with E-state index in [1.165, 1.54) is 0 Å². The minimum atomic E-state index is 0.346. The van der Waals surface area contributed by atoms with Gasteiger partial charge < -0.3 is 5.11 Å². The second-order valence-electron chi connectivity index (χ2n) is 3.59. The van der Waals surface area contributed by atoms with E-state index in [2.05, 4.69) is 20.9 Å². The zero-order chi connectivity index (χ0) is 11.4. The van der Waals surface area contributed by atoms with Crippen molar-refractivity contribution in [2.45, 2.75) is 12.8 Å². The molecule has 0 saturated carbocycles. The Hall–Kier alpha value is -1.35. The number of halogens is 1. The normalized spacial score (nSPS) is 10.3. The maximum Gasteiger partial charge on any atom is 0.118 e. The summed E-state index contributed by atoms with van der Waals surface area (Å²) in [5.41, 5.74) is 1.99. The molecule has 0 saturated heterocycles. The molecular weight excluding hydrogens is 266 g/mol. The number of rotatable bonds is 3. The van der Waals surface area contributed by atoms with Gasteiger partial charge in [-0.3, -0.25) is 4.98 Å². The molecular formula is C13H12BrNO. The number of hydrogen-bond acceptors (Lipinski definition) is 2. The van der Waals surface area contributed by atoms with Gasteiger partial charge >= 0.3 is 0 Å². The molecule has 0 fully saturated rings. The molecule has 1 aromatic heterocycles. The summed E-state index contributed by atoms with van der Waals surface area (Å²) in [6, 6.07) is 11.4.